The summed E-state index contributed by atoms with van der Waals surface area (Å²) in [7, 11) is 0. The van der Waals surface area contributed by atoms with Gasteiger partial charge in [0, 0.05) is 0 Å². The molecule has 0 spiro atoms. The number of rotatable bonds is 2. The van der Waals surface area contributed by atoms with Gasteiger partial charge in [0.25, 0.3) is 0 Å². The third-order valence-corrected chi connectivity index (χ3v) is 2.57. The van der Waals surface area contributed by atoms with Crippen LogP contribution in [0.5, 0.6) is 0 Å². The number of hydrogen-bond acceptors (Lipinski definition) is 4. The second-order valence-corrected chi connectivity index (χ2v) is 5.15. The third-order valence-electron chi connectivity index (χ3n) is 2.57. The SMILES string of the molecule is CC(C)(C)OC(=O)[C@@H](N)C1CCNCC1. The highest BCUT2D eigenvalue weighted by Crippen LogP contribution is 2.18. The van der Waals surface area contributed by atoms with Crippen molar-refractivity contribution >= 4 is 5.97 Å². The summed E-state index contributed by atoms with van der Waals surface area (Å²) in [4.78, 5) is 11.7. The average molecular weight is 214 g/mol. The zero-order valence-corrected chi connectivity index (χ0v) is 9.88. The number of esters is 1. The molecular weight excluding hydrogens is 192 g/mol. The topological polar surface area (TPSA) is 64.3 Å². The Labute approximate surface area is 91.5 Å². The molecule has 1 aliphatic heterocycles. The zero-order chi connectivity index (χ0) is 11.5. The van der Waals surface area contributed by atoms with E-state index in [0.717, 1.165) is 25.9 Å². The highest BCUT2D eigenvalue weighted by atomic mass is 16.6. The monoisotopic (exact) mass is 214 g/mol. The fraction of sp³-hybridized carbons (Fsp3) is 0.909. The summed E-state index contributed by atoms with van der Waals surface area (Å²) in [6, 6.07) is -0.466. The summed E-state index contributed by atoms with van der Waals surface area (Å²) >= 11 is 0. The summed E-state index contributed by atoms with van der Waals surface area (Å²) in [5.74, 6) is -0.00417. The Morgan fingerprint density at radius 1 is 1.40 bits per heavy atom. The van der Waals surface area contributed by atoms with Gasteiger partial charge in [-0.1, -0.05) is 0 Å². The smallest absolute Gasteiger partial charge is 0.323 e. The fourth-order valence-electron chi connectivity index (χ4n) is 1.77. The van der Waals surface area contributed by atoms with Crippen molar-refractivity contribution in [2.45, 2.75) is 45.3 Å². The van der Waals surface area contributed by atoms with Crippen molar-refractivity contribution < 1.29 is 9.53 Å². The van der Waals surface area contributed by atoms with Gasteiger partial charge >= 0.3 is 5.97 Å². The van der Waals surface area contributed by atoms with Crippen LogP contribution in [-0.4, -0.2) is 30.7 Å². The summed E-state index contributed by atoms with van der Waals surface area (Å²) in [5.41, 5.74) is 5.45. The van der Waals surface area contributed by atoms with E-state index in [1.54, 1.807) is 0 Å². The van der Waals surface area contributed by atoms with E-state index in [-0.39, 0.29) is 11.9 Å². The first kappa shape index (κ1) is 12.5. The quantitative estimate of drug-likeness (QED) is 0.663. The van der Waals surface area contributed by atoms with E-state index >= 15 is 0 Å². The van der Waals surface area contributed by atoms with Crippen molar-refractivity contribution in [1.29, 1.82) is 0 Å². The van der Waals surface area contributed by atoms with Crippen LogP contribution in [0, 0.1) is 5.92 Å². The third kappa shape index (κ3) is 4.18. The number of carbonyl (C=O) groups is 1. The molecule has 0 unspecified atom stereocenters. The van der Waals surface area contributed by atoms with Gasteiger partial charge in [-0.05, 0) is 52.6 Å². The Bertz CT molecular complexity index is 217. The molecule has 0 radical (unpaired) electrons. The van der Waals surface area contributed by atoms with E-state index in [0.29, 0.717) is 0 Å². The Hall–Kier alpha value is -0.610. The molecule has 1 atom stereocenters. The molecule has 1 heterocycles. The summed E-state index contributed by atoms with van der Waals surface area (Å²) in [5, 5.41) is 3.25. The number of nitrogens with two attached hydrogens (primary N) is 1. The van der Waals surface area contributed by atoms with Crippen molar-refractivity contribution in [3.63, 3.8) is 0 Å². The lowest BCUT2D eigenvalue weighted by Gasteiger charge is -2.29. The highest BCUT2D eigenvalue weighted by Gasteiger charge is 2.29. The minimum absolute atomic E-state index is 0.265. The molecule has 0 aromatic rings. The van der Waals surface area contributed by atoms with Gasteiger partial charge < -0.3 is 15.8 Å². The first-order valence-electron chi connectivity index (χ1n) is 5.59. The molecule has 0 aliphatic carbocycles. The molecule has 1 aliphatic rings. The van der Waals surface area contributed by atoms with Crippen molar-refractivity contribution in [2.24, 2.45) is 11.7 Å². The first-order chi connectivity index (χ1) is 6.90. The Kier molecular flexibility index (Phi) is 4.11. The summed E-state index contributed by atoms with van der Waals surface area (Å²) in [6.45, 7) is 7.47. The van der Waals surface area contributed by atoms with Gasteiger partial charge in [0.1, 0.15) is 11.6 Å². The number of ether oxygens (including phenoxy) is 1. The van der Waals surface area contributed by atoms with Gasteiger partial charge in [0.15, 0.2) is 0 Å². The minimum atomic E-state index is -0.466. The lowest BCUT2D eigenvalue weighted by atomic mass is 9.91. The van der Waals surface area contributed by atoms with Crippen molar-refractivity contribution in [2.75, 3.05) is 13.1 Å². The van der Waals surface area contributed by atoms with E-state index in [1.165, 1.54) is 0 Å². The maximum Gasteiger partial charge on any atom is 0.323 e. The van der Waals surface area contributed by atoms with Gasteiger partial charge in [0.05, 0.1) is 0 Å². The predicted octanol–water partition coefficient (Wildman–Crippen LogP) is 0.655. The molecule has 1 fully saturated rings. The van der Waals surface area contributed by atoms with Crippen LogP contribution in [0.1, 0.15) is 33.6 Å². The molecule has 0 aromatic carbocycles. The lowest BCUT2D eigenvalue weighted by molar-refractivity contribution is -0.158. The maximum atomic E-state index is 11.7. The normalized spacial score (nSPS) is 21.1. The van der Waals surface area contributed by atoms with Crippen LogP contribution in [-0.2, 0) is 9.53 Å². The van der Waals surface area contributed by atoms with Gasteiger partial charge in [-0.15, -0.1) is 0 Å². The second-order valence-electron chi connectivity index (χ2n) is 5.15. The lowest BCUT2D eigenvalue weighted by Crippen LogP contribution is -2.46. The fourth-order valence-corrected chi connectivity index (χ4v) is 1.77. The van der Waals surface area contributed by atoms with Crippen LogP contribution in [0.4, 0.5) is 0 Å². The van der Waals surface area contributed by atoms with E-state index in [4.69, 9.17) is 10.5 Å². The summed E-state index contributed by atoms with van der Waals surface area (Å²) in [6.07, 6.45) is 1.92. The molecule has 0 amide bonds. The average Bonchev–Trinajstić information content (AvgIpc) is 2.15. The van der Waals surface area contributed by atoms with E-state index < -0.39 is 11.6 Å². The molecular formula is C11H22N2O2. The Morgan fingerprint density at radius 3 is 2.40 bits per heavy atom. The Morgan fingerprint density at radius 2 is 1.93 bits per heavy atom. The number of nitrogens with one attached hydrogen (secondary N) is 1. The first-order valence-corrected chi connectivity index (χ1v) is 5.59. The Balaban J connectivity index is 2.44. The second kappa shape index (κ2) is 4.94. The molecule has 4 heteroatoms. The zero-order valence-electron chi connectivity index (χ0n) is 9.88. The number of carbonyl (C=O) groups excluding carboxylic acids is 1. The van der Waals surface area contributed by atoms with Crippen molar-refractivity contribution in [1.82, 2.24) is 5.32 Å². The van der Waals surface area contributed by atoms with E-state index in [1.807, 2.05) is 20.8 Å². The standard InChI is InChI=1S/C11H22N2O2/c1-11(2,3)15-10(14)9(12)8-4-6-13-7-5-8/h8-9,13H,4-7,12H2,1-3H3/t9-/m0/s1. The van der Waals surface area contributed by atoms with Crippen LogP contribution in [0.15, 0.2) is 0 Å². The van der Waals surface area contributed by atoms with E-state index in [2.05, 4.69) is 5.32 Å². The van der Waals surface area contributed by atoms with Gasteiger partial charge in [-0.25, -0.2) is 0 Å². The predicted molar refractivity (Wildman–Crippen MR) is 59.4 cm³/mol. The van der Waals surface area contributed by atoms with E-state index in [9.17, 15) is 4.79 Å². The molecule has 88 valence electrons. The molecule has 15 heavy (non-hydrogen) atoms. The van der Waals surface area contributed by atoms with Crippen LogP contribution in [0.2, 0.25) is 0 Å². The van der Waals surface area contributed by atoms with Crippen LogP contribution in [0.3, 0.4) is 0 Å². The molecule has 0 saturated carbocycles. The molecule has 3 N–H and O–H groups in total. The van der Waals surface area contributed by atoms with Crippen molar-refractivity contribution in [3.8, 4) is 0 Å². The minimum Gasteiger partial charge on any atom is -0.459 e. The summed E-state index contributed by atoms with van der Waals surface area (Å²) < 4.78 is 5.27. The van der Waals surface area contributed by atoms with Crippen LogP contribution >= 0.6 is 0 Å². The largest absolute Gasteiger partial charge is 0.459 e. The highest BCUT2D eigenvalue weighted by molar-refractivity contribution is 5.76. The van der Waals surface area contributed by atoms with Gasteiger partial charge in [-0.2, -0.15) is 0 Å². The maximum absolute atomic E-state index is 11.7. The van der Waals surface area contributed by atoms with Crippen molar-refractivity contribution in [3.05, 3.63) is 0 Å². The molecule has 0 bridgehead atoms. The molecule has 1 saturated heterocycles. The number of piperidine rings is 1. The molecule has 4 nitrogen and oxygen atoms in total. The van der Waals surface area contributed by atoms with Crippen LogP contribution in [0.25, 0.3) is 0 Å². The number of hydrogen-bond donors (Lipinski definition) is 2. The van der Waals surface area contributed by atoms with Gasteiger partial charge in [-0.3, -0.25) is 4.79 Å². The molecule has 1 rings (SSSR count). The van der Waals surface area contributed by atoms with Gasteiger partial charge in [0.2, 0.25) is 0 Å². The van der Waals surface area contributed by atoms with Crippen LogP contribution < -0.4 is 11.1 Å². The molecule has 0 aromatic heterocycles.